The second-order valence-corrected chi connectivity index (χ2v) is 9.49. The van der Waals surface area contributed by atoms with Crippen molar-refractivity contribution in [2.24, 2.45) is 0 Å². The van der Waals surface area contributed by atoms with Crippen LogP contribution in [0, 0.1) is 0 Å². The van der Waals surface area contributed by atoms with E-state index >= 15 is 0 Å². The van der Waals surface area contributed by atoms with E-state index in [4.69, 9.17) is 44.3 Å². The van der Waals surface area contributed by atoms with Crippen molar-refractivity contribution in [2.75, 3.05) is 7.11 Å². The van der Waals surface area contributed by atoms with E-state index in [9.17, 15) is 13.2 Å². The summed E-state index contributed by atoms with van der Waals surface area (Å²) in [7, 11) is -2.82. The molecule has 1 heterocycles. The molecule has 2 aromatic rings. The van der Waals surface area contributed by atoms with Crippen molar-refractivity contribution in [3.05, 3.63) is 56.9 Å². The molecule has 0 bridgehead atoms. The fourth-order valence-electron chi connectivity index (χ4n) is 2.24. The van der Waals surface area contributed by atoms with Crippen molar-refractivity contribution in [2.45, 2.75) is 4.90 Å². The van der Waals surface area contributed by atoms with E-state index in [1.807, 2.05) is 0 Å². The third-order valence-corrected chi connectivity index (χ3v) is 6.42. The largest absolute Gasteiger partial charge is 0.493 e. The molecule has 0 radical (unpaired) electrons. The first-order valence-corrected chi connectivity index (χ1v) is 10.9. The van der Waals surface area contributed by atoms with Gasteiger partial charge in [0.15, 0.2) is 5.75 Å². The molecule has 0 atom stereocenters. The third-order valence-electron chi connectivity index (χ3n) is 3.49. The first-order valence-electron chi connectivity index (χ1n) is 7.52. The zero-order chi connectivity index (χ0) is 20.5. The highest BCUT2D eigenvalue weighted by Crippen LogP contribution is 2.39. The molecule has 2 aromatic carbocycles. The van der Waals surface area contributed by atoms with E-state index in [0.29, 0.717) is 19.8 Å². The van der Waals surface area contributed by atoms with Crippen LogP contribution >= 0.6 is 47.2 Å². The van der Waals surface area contributed by atoms with Crippen LogP contribution in [0.2, 0.25) is 10.0 Å². The maximum atomic E-state index is 12.5. The standard InChI is InChI=1S/C17H11Cl2NO5S3/c1-24-13-7-9(8-14-16(21)20-17(26)27-14)6-12(19)15(13)25-28(22,23)11-4-2-10(18)3-5-11/h2-8H,1H3,(H,20,21,26)/b14-8-. The van der Waals surface area contributed by atoms with E-state index in [-0.39, 0.29) is 27.3 Å². The Labute approximate surface area is 180 Å². The van der Waals surface area contributed by atoms with Crippen molar-refractivity contribution < 1.29 is 22.1 Å². The van der Waals surface area contributed by atoms with Gasteiger partial charge in [-0.25, -0.2) is 0 Å². The highest BCUT2D eigenvalue weighted by atomic mass is 35.5. The molecule has 3 rings (SSSR count). The summed E-state index contributed by atoms with van der Waals surface area (Å²) in [6.45, 7) is 0. The number of thiocarbonyl (C=S) groups is 1. The number of benzene rings is 2. The lowest BCUT2D eigenvalue weighted by molar-refractivity contribution is -0.115. The molecule has 1 aliphatic heterocycles. The average molecular weight is 476 g/mol. The highest BCUT2D eigenvalue weighted by molar-refractivity contribution is 8.26. The Hall–Kier alpha value is -1.78. The topological polar surface area (TPSA) is 81.7 Å². The van der Waals surface area contributed by atoms with Gasteiger partial charge in [-0.3, -0.25) is 4.79 Å². The maximum absolute atomic E-state index is 12.5. The van der Waals surface area contributed by atoms with Gasteiger partial charge >= 0.3 is 10.1 Å². The monoisotopic (exact) mass is 475 g/mol. The summed E-state index contributed by atoms with van der Waals surface area (Å²) in [5.74, 6) is -0.404. The zero-order valence-electron chi connectivity index (χ0n) is 14.1. The number of methoxy groups -OCH3 is 1. The van der Waals surface area contributed by atoms with Crippen molar-refractivity contribution in [1.82, 2.24) is 5.32 Å². The number of hydrogen-bond acceptors (Lipinski definition) is 7. The Bertz CT molecular complexity index is 1100. The lowest BCUT2D eigenvalue weighted by Gasteiger charge is -2.13. The molecule has 1 N–H and O–H groups in total. The molecule has 1 saturated heterocycles. The smallest absolute Gasteiger partial charge is 0.339 e. The number of carbonyl (C=O) groups excluding carboxylic acids is 1. The summed E-state index contributed by atoms with van der Waals surface area (Å²) >= 11 is 18.1. The summed E-state index contributed by atoms with van der Waals surface area (Å²) < 4.78 is 35.8. The van der Waals surface area contributed by atoms with Crippen LogP contribution in [0.1, 0.15) is 5.56 Å². The van der Waals surface area contributed by atoms with Gasteiger partial charge in [-0.15, -0.1) is 0 Å². The molecule has 0 unspecified atom stereocenters. The van der Waals surface area contributed by atoms with Gasteiger partial charge in [-0.1, -0.05) is 47.2 Å². The van der Waals surface area contributed by atoms with E-state index < -0.39 is 10.1 Å². The lowest BCUT2D eigenvalue weighted by Crippen LogP contribution is -2.17. The predicted octanol–water partition coefficient (Wildman–Crippen LogP) is 4.26. The van der Waals surface area contributed by atoms with Crippen LogP contribution in [0.15, 0.2) is 46.2 Å². The van der Waals surface area contributed by atoms with E-state index in [1.54, 1.807) is 6.08 Å². The van der Waals surface area contributed by atoms with Crippen molar-refractivity contribution in [3.8, 4) is 11.5 Å². The molecule has 11 heteroatoms. The Morgan fingerprint density at radius 3 is 2.43 bits per heavy atom. The average Bonchev–Trinajstić information content (AvgIpc) is 2.94. The number of halogens is 2. The Morgan fingerprint density at radius 1 is 1.18 bits per heavy atom. The fraction of sp³-hybridized carbons (Fsp3) is 0.0588. The minimum atomic E-state index is -4.16. The number of ether oxygens (including phenoxy) is 1. The van der Waals surface area contributed by atoms with Gasteiger partial charge in [0.05, 0.1) is 17.0 Å². The fourth-order valence-corrected chi connectivity index (χ4v) is 4.67. The van der Waals surface area contributed by atoms with E-state index in [0.717, 1.165) is 11.8 Å². The Kier molecular flexibility index (Phi) is 6.21. The minimum absolute atomic E-state index is 0.00489. The van der Waals surface area contributed by atoms with Crippen LogP contribution in [0.4, 0.5) is 0 Å². The maximum Gasteiger partial charge on any atom is 0.339 e. The normalized spacial score (nSPS) is 15.6. The number of hydrogen-bond donors (Lipinski definition) is 1. The first-order chi connectivity index (χ1) is 13.2. The number of amides is 1. The predicted molar refractivity (Wildman–Crippen MR) is 114 cm³/mol. The molecule has 0 saturated carbocycles. The van der Waals surface area contributed by atoms with Gasteiger partial charge < -0.3 is 14.2 Å². The number of thioether (sulfide) groups is 1. The summed E-state index contributed by atoms with van der Waals surface area (Å²) in [6.07, 6.45) is 1.56. The molecule has 1 aliphatic rings. The van der Waals surface area contributed by atoms with Crippen molar-refractivity contribution in [1.29, 1.82) is 0 Å². The molecule has 0 aromatic heterocycles. The van der Waals surface area contributed by atoms with Gasteiger partial charge in [-0.2, -0.15) is 8.42 Å². The van der Waals surface area contributed by atoms with Gasteiger partial charge in [0.25, 0.3) is 5.91 Å². The second-order valence-electron chi connectivity index (χ2n) is 5.38. The second kappa shape index (κ2) is 8.30. The molecule has 146 valence electrons. The van der Waals surface area contributed by atoms with Crippen LogP contribution in [0.3, 0.4) is 0 Å². The summed E-state index contributed by atoms with van der Waals surface area (Å²) in [4.78, 5) is 12.1. The molecular weight excluding hydrogens is 465 g/mol. The molecule has 1 fully saturated rings. The number of rotatable bonds is 5. The SMILES string of the molecule is COc1cc(/C=C2\SC(=S)NC2=O)cc(Cl)c1OS(=O)(=O)c1ccc(Cl)cc1. The molecule has 0 aliphatic carbocycles. The molecule has 1 amide bonds. The lowest BCUT2D eigenvalue weighted by atomic mass is 10.2. The minimum Gasteiger partial charge on any atom is -0.493 e. The van der Waals surface area contributed by atoms with Crippen LogP contribution in [-0.2, 0) is 14.9 Å². The van der Waals surface area contributed by atoms with Gasteiger partial charge in [0.1, 0.15) is 9.22 Å². The summed E-state index contributed by atoms with van der Waals surface area (Å²) in [5, 5.41) is 2.89. The zero-order valence-corrected chi connectivity index (χ0v) is 18.0. The molecule has 28 heavy (non-hydrogen) atoms. The van der Waals surface area contributed by atoms with Gasteiger partial charge in [0.2, 0.25) is 5.75 Å². The first kappa shape index (κ1) is 20.9. The summed E-state index contributed by atoms with van der Waals surface area (Å²) in [6, 6.07) is 8.45. The highest BCUT2D eigenvalue weighted by Gasteiger charge is 2.24. The van der Waals surface area contributed by atoms with Crippen LogP contribution in [0.5, 0.6) is 11.5 Å². The van der Waals surface area contributed by atoms with Crippen LogP contribution < -0.4 is 14.2 Å². The van der Waals surface area contributed by atoms with E-state index in [2.05, 4.69) is 5.32 Å². The Morgan fingerprint density at radius 2 is 1.86 bits per heavy atom. The third kappa shape index (κ3) is 4.61. The molecule has 6 nitrogen and oxygen atoms in total. The Balaban J connectivity index is 1.96. The van der Waals surface area contributed by atoms with Crippen LogP contribution in [-0.4, -0.2) is 25.8 Å². The van der Waals surface area contributed by atoms with Crippen molar-refractivity contribution in [3.63, 3.8) is 0 Å². The quantitative estimate of drug-likeness (QED) is 0.392. The van der Waals surface area contributed by atoms with E-state index in [1.165, 1.54) is 43.5 Å². The molecule has 0 spiro atoms. The van der Waals surface area contributed by atoms with Gasteiger partial charge in [-0.05, 0) is 48.0 Å². The number of carbonyl (C=O) groups is 1. The molecular formula is C17H11Cl2NO5S3. The van der Waals surface area contributed by atoms with Crippen molar-refractivity contribution >= 4 is 73.6 Å². The van der Waals surface area contributed by atoms with Crippen LogP contribution in [0.25, 0.3) is 6.08 Å². The summed E-state index contributed by atoms with van der Waals surface area (Å²) in [5.41, 5.74) is 0.514. The van der Waals surface area contributed by atoms with Gasteiger partial charge in [0, 0.05) is 5.02 Å². The number of nitrogens with one attached hydrogen (secondary N) is 1.